The van der Waals surface area contributed by atoms with Crippen LogP contribution in [0, 0.1) is 0 Å². The predicted molar refractivity (Wildman–Crippen MR) is 83.8 cm³/mol. The molecule has 0 aromatic carbocycles. The highest BCUT2D eigenvalue weighted by Crippen LogP contribution is 2.21. The molecule has 0 spiro atoms. The first-order valence-electron chi connectivity index (χ1n) is 7.91. The maximum Gasteiger partial charge on any atom is 0.245 e. The fraction of sp³-hybridized carbons (Fsp3) is 0.471. The average molecular weight is 299 g/mol. The molecule has 2 amide bonds. The summed E-state index contributed by atoms with van der Waals surface area (Å²) in [6.45, 7) is 1.33. The number of pyridine rings is 1. The van der Waals surface area contributed by atoms with Crippen molar-refractivity contribution in [1.29, 1.82) is 0 Å². The molecular formula is C17H21N3O2. The summed E-state index contributed by atoms with van der Waals surface area (Å²) in [7, 11) is 0. The van der Waals surface area contributed by atoms with E-state index in [1.54, 1.807) is 12.4 Å². The smallest absolute Gasteiger partial charge is 0.245 e. The lowest BCUT2D eigenvalue weighted by Crippen LogP contribution is -2.49. The molecule has 1 atom stereocenters. The summed E-state index contributed by atoms with van der Waals surface area (Å²) in [5, 5.41) is 2.87. The summed E-state index contributed by atoms with van der Waals surface area (Å²) >= 11 is 0. The molecule has 2 aliphatic heterocycles. The molecule has 3 rings (SSSR count). The molecule has 0 radical (unpaired) electrons. The van der Waals surface area contributed by atoms with Crippen LogP contribution < -0.4 is 5.32 Å². The monoisotopic (exact) mass is 299 g/mol. The van der Waals surface area contributed by atoms with E-state index in [0.29, 0.717) is 13.0 Å². The van der Waals surface area contributed by atoms with E-state index < -0.39 is 0 Å². The Morgan fingerprint density at radius 2 is 2.09 bits per heavy atom. The Balaban J connectivity index is 1.69. The standard InChI is InChI=1S/C17H21N3O2/c21-16-6-2-1-5-15(19-16)17(22)20-11-3-4-14(12-20)13-7-9-18-10-8-13/h4,7-10,15H,1-3,5-6,11-12H2,(H,19,21)/t15-/m1/s1. The van der Waals surface area contributed by atoms with Gasteiger partial charge in [0.05, 0.1) is 0 Å². The van der Waals surface area contributed by atoms with Gasteiger partial charge in [-0.3, -0.25) is 14.6 Å². The van der Waals surface area contributed by atoms with Gasteiger partial charge < -0.3 is 10.2 Å². The average Bonchev–Trinajstić information content (AvgIpc) is 2.79. The van der Waals surface area contributed by atoms with Gasteiger partial charge in [-0.1, -0.05) is 12.5 Å². The number of carbonyl (C=O) groups is 2. The number of carbonyl (C=O) groups excluding carboxylic acids is 2. The number of hydrogen-bond donors (Lipinski definition) is 1. The third kappa shape index (κ3) is 3.35. The van der Waals surface area contributed by atoms with Crippen LogP contribution >= 0.6 is 0 Å². The van der Waals surface area contributed by atoms with E-state index in [2.05, 4.69) is 16.4 Å². The quantitative estimate of drug-likeness (QED) is 0.905. The number of rotatable bonds is 2. The number of nitrogens with zero attached hydrogens (tertiary/aromatic N) is 2. The Morgan fingerprint density at radius 1 is 1.27 bits per heavy atom. The van der Waals surface area contributed by atoms with Crippen LogP contribution in [0.25, 0.3) is 5.57 Å². The molecule has 3 heterocycles. The lowest BCUT2D eigenvalue weighted by molar-refractivity contribution is -0.135. The van der Waals surface area contributed by atoms with Gasteiger partial charge in [0.15, 0.2) is 0 Å². The van der Waals surface area contributed by atoms with E-state index in [1.165, 1.54) is 0 Å². The highest BCUT2D eigenvalue weighted by molar-refractivity contribution is 5.89. The predicted octanol–water partition coefficient (Wildman–Crippen LogP) is 1.76. The summed E-state index contributed by atoms with van der Waals surface area (Å²) in [5.41, 5.74) is 2.26. The summed E-state index contributed by atoms with van der Waals surface area (Å²) in [4.78, 5) is 30.3. The SMILES string of the molecule is O=C1CCCC[C@H](C(=O)N2CCC=C(c3ccncc3)C2)N1. The van der Waals surface area contributed by atoms with Gasteiger partial charge in [-0.15, -0.1) is 0 Å². The molecule has 5 heteroatoms. The zero-order valence-corrected chi connectivity index (χ0v) is 12.6. The highest BCUT2D eigenvalue weighted by Gasteiger charge is 2.28. The molecule has 0 bridgehead atoms. The maximum absolute atomic E-state index is 12.7. The van der Waals surface area contributed by atoms with Gasteiger partial charge in [-0.05, 0) is 42.5 Å². The van der Waals surface area contributed by atoms with E-state index in [1.807, 2.05) is 17.0 Å². The lowest BCUT2D eigenvalue weighted by Gasteiger charge is -2.31. The second-order valence-corrected chi connectivity index (χ2v) is 5.88. The van der Waals surface area contributed by atoms with E-state index in [9.17, 15) is 9.59 Å². The van der Waals surface area contributed by atoms with Crippen molar-refractivity contribution in [1.82, 2.24) is 15.2 Å². The van der Waals surface area contributed by atoms with Crippen LogP contribution in [0.3, 0.4) is 0 Å². The summed E-state index contributed by atoms with van der Waals surface area (Å²) in [5.74, 6) is 0.0488. The topological polar surface area (TPSA) is 62.3 Å². The van der Waals surface area contributed by atoms with Gasteiger partial charge in [-0.25, -0.2) is 0 Å². The van der Waals surface area contributed by atoms with Crippen LogP contribution in [0.2, 0.25) is 0 Å². The van der Waals surface area contributed by atoms with Crippen LogP contribution in [-0.4, -0.2) is 40.8 Å². The lowest BCUT2D eigenvalue weighted by atomic mass is 10.0. The number of hydrogen-bond acceptors (Lipinski definition) is 3. The minimum atomic E-state index is -0.355. The summed E-state index contributed by atoms with van der Waals surface area (Å²) in [6.07, 6.45) is 9.65. The highest BCUT2D eigenvalue weighted by atomic mass is 16.2. The number of nitrogens with one attached hydrogen (secondary N) is 1. The molecule has 0 unspecified atom stereocenters. The number of amides is 2. The largest absolute Gasteiger partial charge is 0.344 e. The molecule has 22 heavy (non-hydrogen) atoms. The van der Waals surface area contributed by atoms with Crippen molar-refractivity contribution >= 4 is 17.4 Å². The molecule has 1 saturated heterocycles. The fourth-order valence-electron chi connectivity index (χ4n) is 3.09. The third-order valence-corrected chi connectivity index (χ3v) is 4.29. The van der Waals surface area contributed by atoms with Crippen molar-refractivity contribution in [3.63, 3.8) is 0 Å². The van der Waals surface area contributed by atoms with Gasteiger partial charge in [0, 0.05) is 31.9 Å². The van der Waals surface area contributed by atoms with Gasteiger partial charge in [-0.2, -0.15) is 0 Å². The van der Waals surface area contributed by atoms with E-state index in [-0.39, 0.29) is 17.9 Å². The molecule has 1 aromatic rings. The first-order valence-corrected chi connectivity index (χ1v) is 7.91. The molecule has 1 N–H and O–H groups in total. The van der Waals surface area contributed by atoms with Gasteiger partial charge >= 0.3 is 0 Å². The van der Waals surface area contributed by atoms with Crippen molar-refractivity contribution in [2.45, 2.75) is 38.1 Å². The molecule has 116 valence electrons. The molecule has 1 fully saturated rings. The zero-order valence-electron chi connectivity index (χ0n) is 12.6. The molecule has 0 aliphatic carbocycles. The van der Waals surface area contributed by atoms with Gasteiger partial charge in [0.25, 0.3) is 0 Å². The minimum Gasteiger partial charge on any atom is -0.344 e. The van der Waals surface area contributed by atoms with Crippen molar-refractivity contribution in [2.24, 2.45) is 0 Å². The Labute approximate surface area is 130 Å². The molecule has 2 aliphatic rings. The maximum atomic E-state index is 12.7. The van der Waals surface area contributed by atoms with Crippen molar-refractivity contribution in [3.8, 4) is 0 Å². The Bertz CT molecular complexity index is 583. The number of aromatic nitrogens is 1. The van der Waals surface area contributed by atoms with Crippen LogP contribution in [-0.2, 0) is 9.59 Å². The molecule has 5 nitrogen and oxygen atoms in total. The van der Waals surface area contributed by atoms with Gasteiger partial charge in [0.1, 0.15) is 6.04 Å². The van der Waals surface area contributed by atoms with E-state index in [4.69, 9.17) is 0 Å². The van der Waals surface area contributed by atoms with Crippen molar-refractivity contribution in [3.05, 3.63) is 36.2 Å². The molecular weight excluding hydrogens is 278 g/mol. The van der Waals surface area contributed by atoms with Crippen LogP contribution in [0.5, 0.6) is 0 Å². The second-order valence-electron chi connectivity index (χ2n) is 5.88. The Hall–Kier alpha value is -2.17. The fourth-order valence-corrected chi connectivity index (χ4v) is 3.09. The van der Waals surface area contributed by atoms with Gasteiger partial charge in [0.2, 0.25) is 11.8 Å². The normalized spacial score (nSPS) is 22.5. The zero-order chi connectivity index (χ0) is 15.4. The second kappa shape index (κ2) is 6.73. The van der Waals surface area contributed by atoms with Crippen molar-refractivity contribution in [2.75, 3.05) is 13.1 Å². The van der Waals surface area contributed by atoms with E-state index >= 15 is 0 Å². The Morgan fingerprint density at radius 3 is 2.91 bits per heavy atom. The summed E-state index contributed by atoms with van der Waals surface area (Å²) < 4.78 is 0. The van der Waals surface area contributed by atoms with Crippen LogP contribution in [0.1, 0.15) is 37.7 Å². The Kier molecular flexibility index (Phi) is 4.51. The van der Waals surface area contributed by atoms with Crippen LogP contribution in [0.4, 0.5) is 0 Å². The molecule has 1 aromatic heterocycles. The van der Waals surface area contributed by atoms with Crippen LogP contribution in [0.15, 0.2) is 30.6 Å². The first-order chi connectivity index (χ1) is 10.7. The van der Waals surface area contributed by atoms with E-state index in [0.717, 1.165) is 43.4 Å². The minimum absolute atomic E-state index is 0.00208. The summed E-state index contributed by atoms with van der Waals surface area (Å²) in [6, 6.07) is 3.58. The first kappa shape index (κ1) is 14.8. The third-order valence-electron chi connectivity index (χ3n) is 4.29. The molecule has 0 saturated carbocycles. The van der Waals surface area contributed by atoms with Crippen molar-refractivity contribution < 1.29 is 9.59 Å².